The van der Waals surface area contributed by atoms with Gasteiger partial charge in [0.25, 0.3) is 0 Å². The lowest BCUT2D eigenvalue weighted by Crippen LogP contribution is -2.45. The zero-order valence-electron chi connectivity index (χ0n) is 10.3. The Morgan fingerprint density at radius 3 is 3.00 bits per heavy atom. The molecule has 0 aromatic heterocycles. The number of ether oxygens (including phenoxy) is 1. The van der Waals surface area contributed by atoms with Crippen molar-refractivity contribution in [1.82, 2.24) is 15.3 Å². The average molecular weight is 243 g/mol. The second kappa shape index (κ2) is 7.26. The van der Waals surface area contributed by atoms with Gasteiger partial charge in [-0.2, -0.15) is 0 Å². The van der Waals surface area contributed by atoms with Gasteiger partial charge in [0.1, 0.15) is 0 Å². The molecule has 1 unspecified atom stereocenters. The van der Waals surface area contributed by atoms with Crippen LogP contribution in [0.5, 0.6) is 0 Å². The lowest BCUT2D eigenvalue weighted by atomic mass is 10.4. The highest BCUT2D eigenvalue weighted by Crippen LogP contribution is 2.04. The van der Waals surface area contributed by atoms with Crippen LogP contribution in [0, 0.1) is 0 Å². The van der Waals surface area contributed by atoms with Crippen molar-refractivity contribution in [3.05, 3.63) is 12.7 Å². The van der Waals surface area contributed by atoms with E-state index in [4.69, 9.17) is 4.74 Å². The standard InChI is InChI=1S/C11H21N3O3/c1-3-7-17-9-10(15)8-12-14-6-5-13(4-2)11(14)16/h3,10,12,15H,1,4-9H2,2H3. The third-order valence-electron chi connectivity index (χ3n) is 2.54. The number of likely N-dealkylation sites (N-methyl/N-ethyl adjacent to an activating group) is 1. The molecule has 6 nitrogen and oxygen atoms in total. The Morgan fingerprint density at radius 1 is 1.65 bits per heavy atom. The van der Waals surface area contributed by atoms with Gasteiger partial charge in [0.2, 0.25) is 0 Å². The lowest BCUT2D eigenvalue weighted by molar-refractivity contribution is 0.0400. The molecule has 1 fully saturated rings. The van der Waals surface area contributed by atoms with Gasteiger partial charge < -0.3 is 14.7 Å². The number of nitrogens with zero attached hydrogens (tertiary/aromatic N) is 2. The van der Waals surface area contributed by atoms with Gasteiger partial charge in [0.05, 0.1) is 25.9 Å². The topological polar surface area (TPSA) is 65.0 Å². The Kier molecular flexibility index (Phi) is 5.96. The average Bonchev–Trinajstić information content (AvgIpc) is 2.68. The Labute approximate surface area is 102 Å². The molecular formula is C11H21N3O3. The molecule has 1 atom stereocenters. The minimum absolute atomic E-state index is 0.0355. The Morgan fingerprint density at radius 2 is 2.41 bits per heavy atom. The van der Waals surface area contributed by atoms with E-state index in [0.717, 1.165) is 6.54 Å². The molecule has 0 aliphatic carbocycles. The van der Waals surface area contributed by atoms with Crippen molar-refractivity contribution in [3.63, 3.8) is 0 Å². The second-order valence-electron chi connectivity index (χ2n) is 3.86. The number of nitrogens with one attached hydrogen (secondary N) is 1. The Hall–Kier alpha value is -1.11. The van der Waals surface area contributed by atoms with E-state index in [2.05, 4.69) is 12.0 Å². The summed E-state index contributed by atoms with van der Waals surface area (Å²) in [6.45, 7) is 8.50. The van der Waals surface area contributed by atoms with Crippen LogP contribution in [0.3, 0.4) is 0 Å². The van der Waals surface area contributed by atoms with E-state index in [1.165, 1.54) is 5.01 Å². The number of hydrogen-bond donors (Lipinski definition) is 2. The molecule has 2 amide bonds. The molecule has 1 aliphatic heterocycles. The predicted octanol–water partition coefficient (Wildman–Crippen LogP) is -0.188. The van der Waals surface area contributed by atoms with Crippen molar-refractivity contribution in [2.45, 2.75) is 13.0 Å². The van der Waals surface area contributed by atoms with Crippen LogP contribution in [0.1, 0.15) is 6.92 Å². The first-order valence-corrected chi connectivity index (χ1v) is 5.85. The number of rotatable bonds is 8. The highest BCUT2D eigenvalue weighted by Gasteiger charge is 2.27. The highest BCUT2D eigenvalue weighted by atomic mass is 16.5. The summed E-state index contributed by atoms with van der Waals surface area (Å²) in [5.41, 5.74) is 2.91. The molecule has 17 heavy (non-hydrogen) atoms. The normalized spacial score (nSPS) is 17.6. The summed E-state index contributed by atoms with van der Waals surface area (Å²) in [6, 6.07) is -0.0355. The van der Waals surface area contributed by atoms with Crippen molar-refractivity contribution in [2.24, 2.45) is 0 Å². The summed E-state index contributed by atoms with van der Waals surface area (Å²) in [5.74, 6) is 0. The largest absolute Gasteiger partial charge is 0.389 e. The van der Waals surface area contributed by atoms with E-state index in [-0.39, 0.29) is 12.6 Å². The smallest absolute Gasteiger partial charge is 0.334 e. The van der Waals surface area contributed by atoms with Gasteiger partial charge in [-0.15, -0.1) is 6.58 Å². The molecule has 0 aromatic rings. The van der Waals surface area contributed by atoms with E-state index in [0.29, 0.717) is 26.2 Å². The molecule has 0 bridgehead atoms. The molecule has 6 heteroatoms. The van der Waals surface area contributed by atoms with E-state index in [1.807, 2.05) is 6.92 Å². The molecule has 0 spiro atoms. The number of urea groups is 1. The number of carbonyl (C=O) groups excluding carboxylic acids is 1. The fourth-order valence-electron chi connectivity index (χ4n) is 1.58. The summed E-state index contributed by atoms with van der Waals surface area (Å²) >= 11 is 0. The van der Waals surface area contributed by atoms with Crippen LogP contribution in [0.15, 0.2) is 12.7 Å². The minimum Gasteiger partial charge on any atom is -0.389 e. The number of aliphatic hydroxyl groups is 1. The van der Waals surface area contributed by atoms with Crippen molar-refractivity contribution in [1.29, 1.82) is 0 Å². The van der Waals surface area contributed by atoms with E-state index < -0.39 is 6.10 Å². The van der Waals surface area contributed by atoms with Gasteiger partial charge >= 0.3 is 6.03 Å². The molecule has 0 saturated carbocycles. The zero-order chi connectivity index (χ0) is 12.7. The van der Waals surface area contributed by atoms with Crippen LogP contribution in [-0.4, -0.2) is 66.5 Å². The van der Waals surface area contributed by atoms with Gasteiger partial charge in [0, 0.05) is 19.6 Å². The first-order chi connectivity index (χ1) is 8.19. The van der Waals surface area contributed by atoms with Crippen molar-refractivity contribution < 1.29 is 14.6 Å². The molecular weight excluding hydrogens is 222 g/mol. The second-order valence-corrected chi connectivity index (χ2v) is 3.86. The van der Waals surface area contributed by atoms with E-state index in [1.54, 1.807) is 11.0 Å². The maximum Gasteiger partial charge on any atom is 0.334 e. The summed E-state index contributed by atoms with van der Waals surface area (Å²) in [6.07, 6.45) is 1.00. The monoisotopic (exact) mass is 243 g/mol. The third-order valence-corrected chi connectivity index (χ3v) is 2.54. The number of carbonyl (C=O) groups is 1. The molecule has 0 aromatic carbocycles. The molecule has 1 heterocycles. The summed E-state index contributed by atoms with van der Waals surface area (Å²) in [5, 5.41) is 11.1. The fraction of sp³-hybridized carbons (Fsp3) is 0.727. The summed E-state index contributed by atoms with van der Waals surface area (Å²) in [4.78, 5) is 13.4. The number of hydrogen-bond acceptors (Lipinski definition) is 4. The van der Waals surface area contributed by atoms with Crippen molar-refractivity contribution in [3.8, 4) is 0 Å². The van der Waals surface area contributed by atoms with Crippen LogP contribution in [0.2, 0.25) is 0 Å². The summed E-state index contributed by atoms with van der Waals surface area (Å²) in [7, 11) is 0. The summed E-state index contributed by atoms with van der Waals surface area (Å²) < 4.78 is 5.11. The van der Waals surface area contributed by atoms with Gasteiger partial charge in [-0.25, -0.2) is 10.2 Å². The minimum atomic E-state index is -0.626. The maximum atomic E-state index is 11.7. The zero-order valence-corrected chi connectivity index (χ0v) is 10.3. The first kappa shape index (κ1) is 14.0. The van der Waals surface area contributed by atoms with Crippen molar-refractivity contribution >= 4 is 6.03 Å². The van der Waals surface area contributed by atoms with Crippen LogP contribution in [-0.2, 0) is 4.74 Å². The fourth-order valence-corrected chi connectivity index (χ4v) is 1.58. The molecule has 1 rings (SSSR count). The lowest BCUT2D eigenvalue weighted by Gasteiger charge is -2.20. The third kappa shape index (κ3) is 4.33. The molecule has 1 aliphatic rings. The maximum absolute atomic E-state index is 11.7. The highest BCUT2D eigenvalue weighted by molar-refractivity contribution is 5.75. The van der Waals surface area contributed by atoms with E-state index >= 15 is 0 Å². The van der Waals surface area contributed by atoms with Gasteiger partial charge in [-0.05, 0) is 6.92 Å². The molecule has 2 N–H and O–H groups in total. The van der Waals surface area contributed by atoms with Gasteiger partial charge in [-0.3, -0.25) is 5.01 Å². The SMILES string of the molecule is C=CCOCC(O)CNN1CCN(CC)C1=O. The molecule has 0 radical (unpaired) electrons. The quantitative estimate of drug-likeness (QED) is 0.458. The Bertz CT molecular complexity index is 260. The van der Waals surface area contributed by atoms with Crippen LogP contribution in [0.4, 0.5) is 4.79 Å². The molecule has 1 saturated heterocycles. The first-order valence-electron chi connectivity index (χ1n) is 5.85. The number of aliphatic hydroxyl groups excluding tert-OH is 1. The van der Waals surface area contributed by atoms with Crippen molar-refractivity contribution in [2.75, 3.05) is 39.4 Å². The number of hydrazine groups is 1. The van der Waals surface area contributed by atoms with Crippen LogP contribution in [0.25, 0.3) is 0 Å². The predicted molar refractivity (Wildman–Crippen MR) is 64.4 cm³/mol. The van der Waals surface area contributed by atoms with Crippen LogP contribution < -0.4 is 5.43 Å². The van der Waals surface area contributed by atoms with E-state index in [9.17, 15) is 9.90 Å². The van der Waals surface area contributed by atoms with Crippen LogP contribution >= 0.6 is 0 Å². The molecule has 98 valence electrons. The number of amides is 2. The Balaban J connectivity index is 2.18. The van der Waals surface area contributed by atoms with Gasteiger partial charge in [0.15, 0.2) is 0 Å². The van der Waals surface area contributed by atoms with Gasteiger partial charge in [-0.1, -0.05) is 6.08 Å².